The standard InChI is InChI=1S/C15H21F3N2/c1-9-3-4-11(7-10(9)2)20-12-5-6-14(19)13(8-12)15(16,17)18/h5-6,8-11,20H,3-4,7,19H2,1-2H3. The van der Waals surface area contributed by atoms with E-state index in [0.29, 0.717) is 17.5 Å². The molecule has 1 aromatic carbocycles. The van der Waals surface area contributed by atoms with Crippen molar-refractivity contribution in [3.63, 3.8) is 0 Å². The van der Waals surface area contributed by atoms with Gasteiger partial charge in [-0.1, -0.05) is 13.8 Å². The molecule has 0 aliphatic heterocycles. The summed E-state index contributed by atoms with van der Waals surface area (Å²) in [5.74, 6) is 1.28. The van der Waals surface area contributed by atoms with Gasteiger partial charge in [0.1, 0.15) is 0 Å². The lowest BCUT2D eigenvalue weighted by atomic mass is 9.79. The summed E-state index contributed by atoms with van der Waals surface area (Å²) >= 11 is 0. The zero-order valence-electron chi connectivity index (χ0n) is 11.8. The first kappa shape index (κ1) is 15.0. The van der Waals surface area contributed by atoms with Gasteiger partial charge in [-0.2, -0.15) is 13.2 Å². The largest absolute Gasteiger partial charge is 0.418 e. The number of nitrogens with two attached hydrogens (primary N) is 1. The molecule has 0 radical (unpaired) electrons. The fraction of sp³-hybridized carbons (Fsp3) is 0.600. The van der Waals surface area contributed by atoms with E-state index in [1.807, 2.05) is 0 Å². The second-order valence-electron chi connectivity index (χ2n) is 5.91. The van der Waals surface area contributed by atoms with Crippen LogP contribution in [0.3, 0.4) is 0 Å². The maximum atomic E-state index is 12.8. The zero-order chi connectivity index (χ0) is 14.9. The number of anilines is 2. The Bertz CT molecular complexity index is 471. The third kappa shape index (κ3) is 3.38. The van der Waals surface area contributed by atoms with Gasteiger partial charge in [0.25, 0.3) is 0 Å². The second kappa shape index (κ2) is 5.54. The highest BCUT2D eigenvalue weighted by Crippen LogP contribution is 2.36. The summed E-state index contributed by atoms with van der Waals surface area (Å²) in [6.07, 6.45) is -1.31. The molecule has 3 N–H and O–H groups in total. The molecular weight excluding hydrogens is 265 g/mol. The molecule has 1 aliphatic carbocycles. The fourth-order valence-corrected chi connectivity index (χ4v) is 2.81. The maximum absolute atomic E-state index is 12.8. The minimum atomic E-state index is -4.41. The molecule has 112 valence electrons. The first-order valence-electron chi connectivity index (χ1n) is 7.00. The molecule has 1 aromatic rings. The molecule has 1 fully saturated rings. The first-order chi connectivity index (χ1) is 9.27. The normalized spacial score (nSPS) is 27.4. The van der Waals surface area contributed by atoms with Crippen LogP contribution < -0.4 is 11.1 Å². The van der Waals surface area contributed by atoms with E-state index in [1.165, 1.54) is 6.07 Å². The van der Waals surface area contributed by atoms with E-state index < -0.39 is 11.7 Å². The molecule has 0 aromatic heterocycles. The Morgan fingerprint density at radius 1 is 1.15 bits per heavy atom. The number of nitrogen functional groups attached to an aromatic ring is 1. The second-order valence-corrected chi connectivity index (χ2v) is 5.91. The lowest BCUT2D eigenvalue weighted by Gasteiger charge is -2.33. The Balaban J connectivity index is 2.11. The van der Waals surface area contributed by atoms with Crippen LogP contribution in [0.2, 0.25) is 0 Å². The smallest absolute Gasteiger partial charge is 0.398 e. The molecule has 20 heavy (non-hydrogen) atoms. The summed E-state index contributed by atoms with van der Waals surface area (Å²) in [7, 11) is 0. The van der Waals surface area contributed by atoms with E-state index in [2.05, 4.69) is 19.2 Å². The number of halogens is 3. The highest BCUT2D eigenvalue weighted by Gasteiger charge is 2.33. The molecule has 0 spiro atoms. The van der Waals surface area contributed by atoms with Crippen molar-refractivity contribution < 1.29 is 13.2 Å². The molecule has 1 aliphatic rings. The summed E-state index contributed by atoms with van der Waals surface area (Å²) in [6.45, 7) is 4.43. The number of alkyl halides is 3. The van der Waals surface area contributed by atoms with Gasteiger partial charge in [0, 0.05) is 17.4 Å². The third-order valence-corrected chi connectivity index (χ3v) is 4.33. The van der Waals surface area contributed by atoms with E-state index in [9.17, 15) is 13.2 Å². The lowest BCUT2D eigenvalue weighted by molar-refractivity contribution is -0.136. The molecule has 5 heteroatoms. The van der Waals surface area contributed by atoms with E-state index in [0.717, 1.165) is 25.3 Å². The third-order valence-electron chi connectivity index (χ3n) is 4.33. The summed E-state index contributed by atoms with van der Waals surface area (Å²) in [4.78, 5) is 0. The van der Waals surface area contributed by atoms with E-state index in [4.69, 9.17) is 5.73 Å². The van der Waals surface area contributed by atoms with Gasteiger partial charge in [0.05, 0.1) is 5.56 Å². The molecule has 3 unspecified atom stereocenters. The molecule has 0 heterocycles. The number of benzene rings is 1. The van der Waals surface area contributed by atoms with Gasteiger partial charge in [-0.15, -0.1) is 0 Å². The van der Waals surface area contributed by atoms with E-state index >= 15 is 0 Å². The van der Waals surface area contributed by atoms with Crippen molar-refractivity contribution >= 4 is 11.4 Å². The number of hydrogen-bond donors (Lipinski definition) is 2. The number of rotatable bonds is 2. The monoisotopic (exact) mass is 286 g/mol. The Hall–Kier alpha value is -1.39. The average Bonchev–Trinajstić information content (AvgIpc) is 2.35. The van der Waals surface area contributed by atoms with Gasteiger partial charge in [0.15, 0.2) is 0 Å². The first-order valence-corrected chi connectivity index (χ1v) is 7.00. The Labute approximate surface area is 117 Å². The Kier molecular flexibility index (Phi) is 4.16. The highest BCUT2D eigenvalue weighted by atomic mass is 19.4. The minimum Gasteiger partial charge on any atom is -0.398 e. The van der Waals surface area contributed by atoms with Crippen LogP contribution in [0.25, 0.3) is 0 Å². The van der Waals surface area contributed by atoms with Gasteiger partial charge in [0.2, 0.25) is 0 Å². The molecular formula is C15H21F3N2. The summed E-state index contributed by atoms with van der Waals surface area (Å²) in [5.41, 5.74) is 4.91. The maximum Gasteiger partial charge on any atom is 0.418 e. The fourth-order valence-electron chi connectivity index (χ4n) is 2.81. The van der Waals surface area contributed by atoms with Gasteiger partial charge < -0.3 is 11.1 Å². The van der Waals surface area contributed by atoms with Crippen LogP contribution in [0.1, 0.15) is 38.7 Å². The SMILES string of the molecule is CC1CCC(Nc2ccc(N)c(C(F)(F)F)c2)CC1C. The predicted octanol–water partition coefficient (Wildman–Crippen LogP) is 4.52. The number of nitrogens with one attached hydrogen (secondary N) is 1. The molecule has 2 nitrogen and oxygen atoms in total. The number of hydrogen-bond acceptors (Lipinski definition) is 2. The van der Waals surface area contributed by atoms with Crippen LogP contribution in [-0.2, 0) is 6.18 Å². The van der Waals surface area contributed by atoms with Crippen molar-refractivity contribution in [2.75, 3.05) is 11.1 Å². The van der Waals surface area contributed by atoms with Gasteiger partial charge in [-0.05, 0) is 49.3 Å². The van der Waals surface area contributed by atoms with Crippen LogP contribution in [0.15, 0.2) is 18.2 Å². The average molecular weight is 286 g/mol. The van der Waals surface area contributed by atoms with Crippen LogP contribution >= 0.6 is 0 Å². The summed E-state index contributed by atoms with van der Waals surface area (Å²) in [6, 6.07) is 4.29. The molecule has 2 rings (SSSR count). The Morgan fingerprint density at radius 3 is 2.45 bits per heavy atom. The topological polar surface area (TPSA) is 38.0 Å². The predicted molar refractivity (Wildman–Crippen MR) is 75.4 cm³/mol. The van der Waals surface area contributed by atoms with Crippen LogP contribution in [0.4, 0.5) is 24.5 Å². The van der Waals surface area contributed by atoms with Gasteiger partial charge in [-0.3, -0.25) is 0 Å². The molecule has 3 atom stereocenters. The Morgan fingerprint density at radius 2 is 1.85 bits per heavy atom. The molecule has 0 bridgehead atoms. The molecule has 0 saturated heterocycles. The van der Waals surface area contributed by atoms with Crippen LogP contribution in [0, 0.1) is 11.8 Å². The van der Waals surface area contributed by atoms with Crippen molar-refractivity contribution in [3.8, 4) is 0 Å². The van der Waals surface area contributed by atoms with Gasteiger partial charge in [-0.25, -0.2) is 0 Å². The van der Waals surface area contributed by atoms with E-state index in [-0.39, 0.29) is 11.7 Å². The van der Waals surface area contributed by atoms with Gasteiger partial charge >= 0.3 is 6.18 Å². The van der Waals surface area contributed by atoms with Crippen LogP contribution in [0.5, 0.6) is 0 Å². The summed E-state index contributed by atoms with van der Waals surface area (Å²) in [5, 5.41) is 3.22. The van der Waals surface area contributed by atoms with Crippen LogP contribution in [-0.4, -0.2) is 6.04 Å². The lowest BCUT2D eigenvalue weighted by Crippen LogP contribution is -2.30. The minimum absolute atomic E-state index is 0.228. The van der Waals surface area contributed by atoms with Crippen molar-refractivity contribution in [1.82, 2.24) is 0 Å². The van der Waals surface area contributed by atoms with Crippen molar-refractivity contribution in [3.05, 3.63) is 23.8 Å². The quantitative estimate of drug-likeness (QED) is 0.784. The van der Waals surface area contributed by atoms with Crippen molar-refractivity contribution in [2.45, 2.75) is 45.3 Å². The summed E-state index contributed by atoms with van der Waals surface area (Å²) < 4.78 is 38.4. The van der Waals surface area contributed by atoms with Crippen molar-refractivity contribution in [2.24, 2.45) is 11.8 Å². The van der Waals surface area contributed by atoms with E-state index in [1.54, 1.807) is 6.07 Å². The highest BCUT2D eigenvalue weighted by molar-refractivity contribution is 5.58. The zero-order valence-corrected chi connectivity index (χ0v) is 11.8. The molecule has 1 saturated carbocycles. The van der Waals surface area contributed by atoms with Crippen molar-refractivity contribution in [1.29, 1.82) is 0 Å². The molecule has 0 amide bonds.